The smallest absolute Gasteiger partial charge is 0.253 e. The number of benzene rings is 1. The van der Waals surface area contributed by atoms with Gasteiger partial charge in [0.05, 0.1) is 0 Å². The van der Waals surface area contributed by atoms with Gasteiger partial charge in [-0.3, -0.25) is 9.59 Å². The maximum absolute atomic E-state index is 12.2. The third kappa shape index (κ3) is 4.94. The van der Waals surface area contributed by atoms with Gasteiger partial charge in [-0.2, -0.15) is 0 Å². The van der Waals surface area contributed by atoms with Crippen LogP contribution in [0.5, 0.6) is 0 Å². The molecule has 1 atom stereocenters. The topological polar surface area (TPSA) is 75.4 Å². The van der Waals surface area contributed by atoms with E-state index in [1.165, 1.54) is 0 Å². The van der Waals surface area contributed by atoms with E-state index in [9.17, 15) is 9.59 Å². The minimum absolute atomic E-state index is 0. The lowest BCUT2D eigenvalue weighted by Gasteiger charge is -2.19. The fourth-order valence-corrected chi connectivity index (χ4v) is 2.58. The number of amides is 2. The van der Waals surface area contributed by atoms with Crippen LogP contribution in [0.2, 0.25) is 0 Å². The molecule has 128 valence electrons. The van der Waals surface area contributed by atoms with Gasteiger partial charge in [0.2, 0.25) is 0 Å². The van der Waals surface area contributed by atoms with E-state index in [2.05, 4.69) is 5.32 Å². The fourth-order valence-electron chi connectivity index (χ4n) is 2.58. The quantitative estimate of drug-likeness (QED) is 0.798. The SMILES string of the molecule is CCN(CC)C(=O)c1ccc(C(=O)NC(CN)C2CC2)cc1.Cl. The van der Waals surface area contributed by atoms with Crippen LogP contribution in [-0.4, -0.2) is 42.4 Å². The van der Waals surface area contributed by atoms with E-state index in [0.29, 0.717) is 36.7 Å². The van der Waals surface area contributed by atoms with Crippen LogP contribution in [0.15, 0.2) is 24.3 Å². The number of hydrogen-bond donors (Lipinski definition) is 2. The normalized spacial score (nSPS) is 14.6. The van der Waals surface area contributed by atoms with Crippen molar-refractivity contribution < 1.29 is 9.59 Å². The Labute approximate surface area is 144 Å². The van der Waals surface area contributed by atoms with Crippen molar-refractivity contribution in [2.24, 2.45) is 11.7 Å². The van der Waals surface area contributed by atoms with Crippen LogP contribution in [0.4, 0.5) is 0 Å². The number of rotatable bonds is 7. The third-order valence-corrected chi connectivity index (χ3v) is 4.21. The van der Waals surface area contributed by atoms with Crippen molar-refractivity contribution in [1.82, 2.24) is 10.2 Å². The zero-order valence-electron chi connectivity index (χ0n) is 13.7. The van der Waals surface area contributed by atoms with Crippen LogP contribution >= 0.6 is 12.4 Å². The molecule has 0 aliphatic heterocycles. The summed E-state index contributed by atoms with van der Waals surface area (Å²) in [5.41, 5.74) is 6.88. The average molecular weight is 340 g/mol. The Morgan fingerprint density at radius 3 is 2.13 bits per heavy atom. The Morgan fingerprint density at radius 1 is 1.17 bits per heavy atom. The lowest BCUT2D eigenvalue weighted by atomic mass is 10.1. The highest BCUT2D eigenvalue weighted by Gasteiger charge is 2.31. The summed E-state index contributed by atoms with van der Waals surface area (Å²) in [7, 11) is 0. The third-order valence-electron chi connectivity index (χ3n) is 4.21. The van der Waals surface area contributed by atoms with Gasteiger partial charge in [-0.1, -0.05) is 0 Å². The predicted octanol–water partition coefficient (Wildman–Crippen LogP) is 2.06. The molecule has 1 saturated carbocycles. The lowest BCUT2D eigenvalue weighted by molar-refractivity contribution is 0.0772. The maximum atomic E-state index is 12.2. The van der Waals surface area contributed by atoms with Crippen molar-refractivity contribution in [2.75, 3.05) is 19.6 Å². The summed E-state index contributed by atoms with van der Waals surface area (Å²) in [5, 5.41) is 2.98. The highest BCUT2D eigenvalue weighted by molar-refractivity contribution is 5.97. The molecule has 23 heavy (non-hydrogen) atoms. The van der Waals surface area contributed by atoms with Crippen LogP contribution in [0.1, 0.15) is 47.4 Å². The zero-order chi connectivity index (χ0) is 16.1. The molecule has 0 spiro atoms. The van der Waals surface area contributed by atoms with Crippen molar-refractivity contribution in [1.29, 1.82) is 0 Å². The molecule has 1 unspecified atom stereocenters. The van der Waals surface area contributed by atoms with Crippen LogP contribution < -0.4 is 11.1 Å². The summed E-state index contributed by atoms with van der Waals surface area (Å²) in [5.74, 6) is 0.399. The number of halogens is 1. The highest BCUT2D eigenvalue weighted by atomic mass is 35.5. The van der Waals surface area contributed by atoms with Gasteiger partial charge in [-0.25, -0.2) is 0 Å². The number of nitrogens with two attached hydrogens (primary N) is 1. The number of nitrogens with one attached hydrogen (secondary N) is 1. The summed E-state index contributed by atoms with van der Waals surface area (Å²) >= 11 is 0. The average Bonchev–Trinajstić information content (AvgIpc) is 3.38. The highest BCUT2D eigenvalue weighted by Crippen LogP contribution is 2.32. The molecule has 3 N–H and O–H groups in total. The van der Waals surface area contributed by atoms with E-state index >= 15 is 0 Å². The Kier molecular flexibility index (Phi) is 7.52. The lowest BCUT2D eigenvalue weighted by Crippen LogP contribution is -2.41. The summed E-state index contributed by atoms with van der Waals surface area (Å²) in [6, 6.07) is 6.89. The molecule has 2 amide bonds. The second-order valence-electron chi connectivity index (χ2n) is 5.71. The second-order valence-corrected chi connectivity index (χ2v) is 5.71. The van der Waals surface area contributed by atoms with Gasteiger partial charge in [-0.05, 0) is 56.9 Å². The fraction of sp³-hybridized carbons (Fsp3) is 0.529. The Balaban J connectivity index is 0.00000264. The van der Waals surface area contributed by atoms with Gasteiger partial charge >= 0.3 is 0 Å². The molecule has 0 bridgehead atoms. The van der Waals surface area contributed by atoms with Crippen molar-refractivity contribution in [3.05, 3.63) is 35.4 Å². The maximum Gasteiger partial charge on any atom is 0.253 e. The van der Waals surface area contributed by atoms with Gasteiger partial charge < -0.3 is 16.0 Å². The number of hydrogen-bond acceptors (Lipinski definition) is 3. The van der Waals surface area contributed by atoms with E-state index in [1.54, 1.807) is 29.2 Å². The van der Waals surface area contributed by atoms with Crippen LogP contribution in [0.3, 0.4) is 0 Å². The van der Waals surface area contributed by atoms with E-state index in [4.69, 9.17) is 5.73 Å². The summed E-state index contributed by atoms with van der Waals surface area (Å²) < 4.78 is 0. The van der Waals surface area contributed by atoms with E-state index in [1.807, 2.05) is 13.8 Å². The molecule has 1 fully saturated rings. The molecule has 6 heteroatoms. The predicted molar refractivity (Wildman–Crippen MR) is 94.0 cm³/mol. The Bertz CT molecular complexity index is 525. The van der Waals surface area contributed by atoms with Crippen molar-refractivity contribution >= 4 is 24.2 Å². The van der Waals surface area contributed by atoms with Gasteiger partial charge in [0, 0.05) is 36.8 Å². The minimum atomic E-state index is -0.121. The molecule has 0 radical (unpaired) electrons. The molecule has 1 aromatic rings. The van der Waals surface area contributed by atoms with Crippen molar-refractivity contribution in [2.45, 2.75) is 32.7 Å². The number of carbonyl (C=O) groups excluding carboxylic acids is 2. The molecular weight excluding hydrogens is 314 g/mol. The van der Waals surface area contributed by atoms with Gasteiger partial charge in [-0.15, -0.1) is 12.4 Å². The van der Waals surface area contributed by atoms with Crippen molar-refractivity contribution in [3.63, 3.8) is 0 Å². The van der Waals surface area contributed by atoms with Gasteiger partial charge in [0.15, 0.2) is 0 Å². The summed E-state index contributed by atoms with van der Waals surface area (Å²) in [6.07, 6.45) is 2.28. The van der Waals surface area contributed by atoms with Crippen molar-refractivity contribution in [3.8, 4) is 0 Å². The first-order valence-corrected chi connectivity index (χ1v) is 8.00. The molecule has 0 saturated heterocycles. The minimum Gasteiger partial charge on any atom is -0.348 e. The Morgan fingerprint density at radius 2 is 1.70 bits per heavy atom. The van der Waals surface area contributed by atoms with E-state index in [-0.39, 0.29) is 30.3 Å². The molecule has 0 aromatic heterocycles. The Hall–Kier alpha value is -1.59. The van der Waals surface area contributed by atoms with E-state index in [0.717, 1.165) is 12.8 Å². The molecule has 1 aromatic carbocycles. The number of carbonyl (C=O) groups is 2. The molecule has 2 rings (SSSR count). The molecule has 1 aliphatic carbocycles. The van der Waals surface area contributed by atoms with Gasteiger partial charge in [0.25, 0.3) is 11.8 Å². The largest absolute Gasteiger partial charge is 0.348 e. The van der Waals surface area contributed by atoms with Crippen LogP contribution in [0, 0.1) is 5.92 Å². The zero-order valence-corrected chi connectivity index (χ0v) is 14.6. The monoisotopic (exact) mass is 339 g/mol. The summed E-state index contributed by atoms with van der Waals surface area (Å²) in [6.45, 7) is 5.73. The first-order chi connectivity index (χ1) is 10.6. The number of nitrogens with zero attached hydrogens (tertiary/aromatic N) is 1. The molecule has 0 heterocycles. The van der Waals surface area contributed by atoms with Crippen LogP contribution in [0.25, 0.3) is 0 Å². The molecular formula is C17H26ClN3O2. The first kappa shape index (κ1) is 19.5. The van der Waals surface area contributed by atoms with Crippen LogP contribution in [-0.2, 0) is 0 Å². The molecule has 1 aliphatic rings. The first-order valence-electron chi connectivity index (χ1n) is 8.00. The van der Waals surface area contributed by atoms with E-state index < -0.39 is 0 Å². The summed E-state index contributed by atoms with van der Waals surface area (Å²) in [4.78, 5) is 26.2. The van der Waals surface area contributed by atoms with Gasteiger partial charge in [0.1, 0.15) is 0 Å². The standard InChI is InChI=1S/C17H25N3O2.ClH/c1-3-20(4-2)17(22)14-9-7-13(8-10-14)16(21)19-15(11-18)12-5-6-12;/h7-10,12,15H,3-6,11,18H2,1-2H3,(H,19,21);1H. The molecule has 5 nitrogen and oxygen atoms in total. The second kappa shape index (κ2) is 8.89.